The summed E-state index contributed by atoms with van der Waals surface area (Å²) >= 11 is 0. The minimum absolute atomic E-state index is 0.247. The molecule has 0 unspecified atom stereocenters. The normalized spacial score (nSPS) is 11.2. The van der Waals surface area contributed by atoms with Crippen LogP contribution in [0.5, 0.6) is 0 Å². The molecule has 0 fully saturated rings. The Balaban J connectivity index is 1.38. The number of hydrogen-bond donors (Lipinski definition) is 2. The van der Waals surface area contributed by atoms with Crippen molar-refractivity contribution in [2.45, 2.75) is 13.1 Å². The first-order valence-corrected chi connectivity index (χ1v) is 8.08. The van der Waals surface area contributed by atoms with Crippen LogP contribution in [-0.4, -0.2) is 31.7 Å². The van der Waals surface area contributed by atoms with E-state index in [1.54, 1.807) is 18.3 Å². The molecule has 0 saturated carbocycles. The molecule has 0 aliphatic carbocycles. The summed E-state index contributed by atoms with van der Waals surface area (Å²) in [4.78, 5) is 0. The zero-order valence-corrected chi connectivity index (χ0v) is 13.5. The second-order valence-corrected chi connectivity index (χ2v) is 5.76. The lowest BCUT2D eigenvalue weighted by molar-refractivity contribution is 0.552. The van der Waals surface area contributed by atoms with Crippen molar-refractivity contribution in [3.8, 4) is 11.3 Å². The standard InChI is InChI=1S/C18H17FN6/c19-15-7-5-13(6-8-15)18-14(12-21-23-18)11-20-9-10-25-17-4-2-1-3-16(17)22-24-25/h1-8,12,20H,9-11H2,(H,21,23). The van der Waals surface area contributed by atoms with Crippen molar-refractivity contribution < 1.29 is 4.39 Å². The van der Waals surface area contributed by atoms with E-state index in [0.717, 1.165) is 40.9 Å². The van der Waals surface area contributed by atoms with E-state index in [1.165, 1.54) is 12.1 Å². The third kappa shape index (κ3) is 3.27. The van der Waals surface area contributed by atoms with Gasteiger partial charge in [0.1, 0.15) is 11.3 Å². The van der Waals surface area contributed by atoms with Crippen LogP contribution in [0.2, 0.25) is 0 Å². The Morgan fingerprint density at radius 1 is 1.08 bits per heavy atom. The molecule has 6 nitrogen and oxygen atoms in total. The summed E-state index contributed by atoms with van der Waals surface area (Å²) in [5.41, 5.74) is 4.78. The van der Waals surface area contributed by atoms with Gasteiger partial charge in [0.25, 0.3) is 0 Å². The van der Waals surface area contributed by atoms with Gasteiger partial charge >= 0.3 is 0 Å². The molecule has 2 aromatic heterocycles. The van der Waals surface area contributed by atoms with Crippen LogP contribution in [0.15, 0.2) is 54.7 Å². The van der Waals surface area contributed by atoms with Gasteiger partial charge in [0.2, 0.25) is 0 Å². The number of aromatic amines is 1. The maximum Gasteiger partial charge on any atom is 0.123 e. The molecule has 0 aliphatic heterocycles. The van der Waals surface area contributed by atoms with E-state index in [0.29, 0.717) is 6.54 Å². The van der Waals surface area contributed by atoms with E-state index in [-0.39, 0.29) is 5.82 Å². The molecule has 2 N–H and O–H groups in total. The van der Waals surface area contributed by atoms with Crippen LogP contribution in [0.4, 0.5) is 4.39 Å². The van der Waals surface area contributed by atoms with E-state index < -0.39 is 0 Å². The zero-order chi connectivity index (χ0) is 17.1. The van der Waals surface area contributed by atoms with Crippen molar-refractivity contribution in [3.63, 3.8) is 0 Å². The average Bonchev–Trinajstić information content (AvgIpc) is 3.26. The molecule has 0 aliphatic rings. The van der Waals surface area contributed by atoms with Gasteiger partial charge in [-0.05, 0) is 36.4 Å². The molecule has 0 spiro atoms. The van der Waals surface area contributed by atoms with Crippen LogP contribution in [0, 0.1) is 5.82 Å². The van der Waals surface area contributed by atoms with Crippen molar-refractivity contribution >= 4 is 11.0 Å². The van der Waals surface area contributed by atoms with Crippen molar-refractivity contribution in [1.29, 1.82) is 0 Å². The molecule has 0 radical (unpaired) electrons. The quantitative estimate of drug-likeness (QED) is 0.531. The fourth-order valence-corrected chi connectivity index (χ4v) is 2.80. The van der Waals surface area contributed by atoms with Gasteiger partial charge in [-0.15, -0.1) is 5.10 Å². The van der Waals surface area contributed by atoms with Gasteiger partial charge in [-0.25, -0.2) is 9.07 Å². The Hall–Kier alpha value is -3.06. The monoisotopic (exact) mass is 336 g/mol. The molecule has 7 heteroatoms. The van der Waals surface area contributed by atoms with Gasteiger partial charge in [-0.3, -0.25) is 5.10 Å². The van der Waals surface area contributed by atoms with Crippen LogP contribution in [0.1, 0.15) is 5.56 Å². The van der Waals surface area contributed by atoms with Gasteiger partial charge in [-0.1, -0.05) is 17.3 Å². The van der Waals surface area contributed by atoms with Gasteiger partial charge in [0.15, 0.2) is 0 Å². The van der Waals surface area contributed by atoms with E-state index in [4.69, 9.17) is 0 Å². The highest BCUT2D eigenvalue weighted by atomic mass is 19.1. The Morgan fingerprint density at radius 3 is 2.80 bits per heavy atom. The predicted octanol–water partition coefficient (Wildman–Crippen LogP) is 2.75. The van der Waals surface area contributed by atoms with Gasteiger partial charge < -0.3 is 5.32 Å². The Labute approximate surface area is 143 Å². The smallest absolute Gasteiger partial charge is 0.123 e. The fraction of sp³-hybridized carbons (Fsp3) is 0.167. The first kappa shape index (κ1) is 15.5. The third-order valence-corrected chi connectivity index (χ3v) is 4.09. The van der Waals surface area contributed by atoms with Crippen molar-refractivity contribution in [2.24, 2.45) is 0 Å². The minimum atomic E-state index is -0.247. The Morgan fingerprint density at radius 2 is 1.92 bits per heavy atom. The minimum Gasteiger partial charge on any atom is -0.311 e. The summed E-state index contributed by atoms with van der Waals surface area (Å²) in [5, 5.41) is 18.8. The molecule has 2 aromatic carbocycles. The van der Waals surface area contributed by atoms with Crippen LogP contribution in [-0.2, 0) is 13.1 Å². The maximum absolute atomic E-state index is 13.1. The number of fused-ring (bicyclic) bond motifs is 1. The summed E-state index contributed by atoms with van der Waals surface area (Å²) in [5.74, 6) is -0.247. The number of para-hydroxylation sites is 1. The van der Waals surface area contributed by atoms with E-state index >= 15 is 0 Å². The van der Waals surface area contributed by atoms with E-state index in [2.05, 4.69) is 25.8 Å². The predicted molar refractivity (Wildman–Crippen MR) is 93.2 cm³/mol. The van der Waals surface area contributed by atoms with E-state index in [9.17, 15) is 4.39 Å². The summed E-state index contributed by atoms with van der Waals surface area (Å²) in [6.45, 7) is 2.14. The Bertz CT molecular complexity index is 973. The molecule has 0 bridgehead atoms. The van der Waals surface area contributed by atoms with Gasteiger partial charge in [0, 0.05) is 24.2 Å². The third-order valence-electron chi connectivity index (χ3n) is 4.09. The van der Waals surface area contributed by atoms with Crippen LogP contribution in [0.25, 0.3) is 22.3 Å². The number of benzene rings is 2. The molecule has 25 heavy (non-hydrogen) atoms. The molecule has 4 rings (SSSR count). The van der Waals surface area contributed by atoms with Crippen molar-refractivity contribution in [3.05, 3.63) is 66.1 Å². The number of H-pyrrole nitrogens is 1. The van der Waals surface area contributed by atoms with E-state index in [1.807, 2.05) is 28.9 Å². The number of halogens is 1. The zero-order valence-electron chi connectivity index (χ0n) is 13.5. The highest BCUT2D eigenvalue weighted by Gasteiger charge is 2.08. The molecule has 0 amide bonds. The maximum atomic E-state index is 13.1. The number of aromatic nitrogens is 5. The number of nitrogens with one attached hydrogen (secondary N) is 2. The summed E-state index contributed by atoms with van der Waals surface area (Å²) < 4.78 is 15.0. The van der Waals surface area contributed by atoms with Gasteiger partial charge in [-0.2, -0.15) is 5.10 Å². The number of hydrogen-bond acceptors (Lipinski definition) is 4. The van der Waals surface area contributed by atoms with Crippen molar-refractivity contribution in [2.75, 3.05) is 6.54 Å². The molecule has 126 valence electrons. The second-order valence-electron chi connectivity index (χ2n) is 5.76. The summed E-state index contributed by atoms with van der Waals surface area (Å²) in [6, 6.07) is 14.3. The van der Waals surface area contributed by atoms with Crippen LogP contribution >= 0.6 is 0 Å². The lowest BCUT2D eigenvalue weighted by Gasteiger charge is -2.06. The lowest BCUT2D eigenvalue weighted by atomic mass is 10.1. The SMILES string of the molecule is Fc1ccc(-c2[nH]ncc2CNCCn2nnc3ccccc32)cc1. The lowest BCUT2D eigenvalue weighted by Crippen LogP contribution is -2.20. The average molecular weight is 336 g/mol. The fourth-order valence-electron chi connectivity index (χ4n) is 2.80. The molecular weight excluding hydrogens is 319 g/mol. The largest absolute Gasteiger partial charge is 0.311 e. The molecular formula is C18H17FN6. The summed E-state index contributed by atoms with van der Waals surface area (Å²) in [7, 11) is 0. The number of nitrogens with zero attached hydrogens (tertiary/aromatic N) is 4. The molecule has 2 heterocycles. The highest BCUT2D eigenvalue weighted by molar-refractivity contribution is 5.73. The summed E-state index contributed by atoms with van der Waals surface area (Å²) in [6.07, 6.45) is 1.79. The first-order valence-electron chi connectivity index (χ1n) is 8.08. The van der Waals surface area contributed by atoms with Crippen LogP contribution in [0.3, 0.4) is 0 Å². The number of rotatable bonds is 6. The highest BCUT2D eigenvalue weighted by Crippen LogP contribution is 2.21. The first-order chi connectivity index (χ1) is 12.3. The molecule has 0 atom stereocenters. The molecule has 0 saturated heterocycles. The Kier molecular flexibility index (Phi) is 4.22. The molecule has 4 aromatic rings. The van der Waals surface area contributed by atoms with Crippen LogP contribution < -0.4 is 5.32 Å². The topological polar surface area (TPSA) is 71.4 Å². The van der Waals surface area contributed by atoms with Gasteiger partial charge in [0.05, 0.1) is 24.0 Å². The van der Waals surface area contributed by atoms with Crippen molar-refractivity contribution in [1.82, 2.24) is 30.5 Å². The second kappa shape index (κ2) is 6.82.